The number of carbonyl (C=O) groups is 2. The molecule has 4 rings (SSSR count). The molecule has 3 aliphatic rings. The van der Waals surface area contributed by atoms with E-state index in [2.05, 4.69) is 5.10 Å². The highest BCUT2D eigenvalue weighted by Crippen LogP contribution is 2.41. The van der Waals surface area contributed by atoms with Crippen molar-refractivity contribution in [3.63, 3.8) is 0 Å². The summed E-state index contributed by atoms with van der Waals surface area (Å²) in [6, 6.07) is 4.47. The molecule has 0 bridgehead atoms. The minimum absolute atomic E-state index is 0.0357. The molecule has 0 fully saturated rings. The largest absolute Gasteiger partial charge is 0.477 e. The molecule has 0 spiro atoms. The van der Waals surface area contributed by atoms with E-state index < -0.39 is 16.9 Å². The second-order valence-electron chi connectivity index (χ2n) is 6.35. The van der Waals surface area contributed by atoms with Crippen LogP contribution in [-0.4, -0.2) is 39.5 Å². The summed E-state index contributed by atoms with van der Waals surface area (Å²) in [5.74, 6) is -0.278. The Morgan fingerprint density at radius 1 is 1.21 bits per heavy atom. The van der Waals surface area contributed by atoms with Crippen molar-refractivity contribution >= 4 is 29.1 Å². The minimum Gasteiger partial charge on any atom is -0.477 e. The third-order valence-corrected chi connectivity index (χ3v) is 4.64. The van der Waals surface area contributed by atoms with Crippen LogP contribution in [0.5, 0.6) is 0 Å². The van der Waals surface area contributed by atoms with Crippen molar-refractivity contribution in [2.24, 2.45) is 10.8 Å². The fourth-order valence-corrected chi connectivity index (χ4v) is 3.32. The van der Waals surface area contributed by atoms with E-state index in [-0.39, 0.29) is 36.7 Å². The van der Waals surface area contributed by atoms with Crippen LogP contribution < -0.4 is 5.73 Å². The topological polar surface area (TPSA) is 158 Å². The molecule has 11 heteroatoms. The van der Waals surface area contributed by atoms with E-state index >= 15 is 0 Å². The predicted octanol–water partition coefficient (Wildman–Crippen LogP) is 2.08. The van der Waals surface area contributed by atoms with Gasteiger partial charge in [0.25, 0.3) is 5.69 Å². The quantitative estimate of drug-likeness (QED) is 0.582. The number of allylic oxidation sites excluding steroid dienone is 3. The average molecular weight is 398 g/mol. The Hall–Kier alpha value is -4.15. The number of rotatable bonds is 3. The molecule has 0 aromatic heterocycles. The zero-order valence-corrected chi connectivity index (χ0v) is 14.8. The maximum absolute atomic E-state index is 12.2. The highest BCUT2D eigenvalue weighted by Gasteiger charge is 2.34. The molecule has 1 aliphatic carbocycles. The number of ether oxygens (including phenoxy) is 2. The molecule has 3 N–H and O–H groups in total. The number of benzene rings is 1. The summed E-state index contributed by atoms with van der Waals surface area (Å²) in [6.45, 7) is 0.0357. The maximum Gasteiger partial charge on any atom is 0.352 e. The van der Waals surface area contributed by atoms with Gasteiger partial charge < -0.3 is 20.3 Å². The first-order chi connectivity index (χ1) is 13.8. The number of fused-ring (bicyclic) bond motifs is 1. The Labute approximate surface area is 163 Å². The molecule has 1 aromatic rings. The van der Waals surface area contributed by atoms with Crippen molar-refractivity contribution < 1.29 is 29.1 Å². The van der Waals surface area contributed by atoms with E-state index in [1.807, 2.05) is 0 Å². The number of non-ortho nitro benzene ring substituents is 1. The number of nitrogens with zero attached hydrogens (tertiary/aromatic N) is 3. The van der Waals surface area contributed by atoms with Gasteiger partial charge in [-0.15, -0.1) is 0 Å². The number of amides is 2. The summed E-state index contributed by atoms with van der Waals surface area (Å²) in [6.07, 6.45) is 1.81. The van der Waals surface area contributed by atoms with Crippen LogP contribution in [0.25, 0.3) is 5.70 Å². The monoisotopic (exact) mass is 398 g/mol. The zero-order valence-electron chi connectivity index (χ0n) is 14.8. The van der Waals surface area contributed by atoms with Gasteiger partial charge in [0.2, 0.25) is 6.79 Å². The molecule has 0 unspecified atom stereocenters. The summed E-state index contributed by atoms with van der Waals surface area (Å²) in [5.41, 5.74) is 6.86. The second kappa shape index (κ2) is 6.78. The molecule has 2 amide bonds. The Kier molecular flexibility index (Phi) is 4.26. The van der Waals surface area contributed by atoms with Crippen LogP contribution in [0.1, 0.15) is 18.4 Å². The number of hydrogen-bond acceptors (Lipinski definition) is 7. The van der Waals surface area contributed by atoms with Gasteiger partial charge in [-0.3, -0.25) is 10.1 Å². The van der Waals surface area contributed by atoms with E-state index in [9.17, 15) is 24.8 Å². The summed E-state index contributed by atoms with van der Waals surface area (Å²) in [5, 5.41) is 25.2. The van der Waals surface area contributed by atoms with Gasteiger partial charge in [-0.2, -0.15) is 10.1 Å². The SMILES string of the molecule is NC(=O)N1N=C(C(=O)O)CC2=CC3=C(CC2=C1c1ccc([N+](=O)[O-])cc1)OCO3. The van der Waals surface area contributed by atoms with Crippen molar-refractivity contribution in [2.75, 3.05) is 6.79 Å². The van der Waals surface area contributed by atoms with Gasteiger partial charge in [0.15, 0.2) is 11.5 Å². The fraction of sp³-hybridized carbons (Fsp3) is 0.167. The smallest absolute Gasteiger partial charge is 0.352 e. The molecule has 0 radical (unpaired) electrons. The number of urea groups is 1. The molecule has 0 saturated carbocycles. The first-order valence-electron chi connectivity index (χ1n) is 8.43. The van der Waals surface area contributed by atoms with Crippen LogP contribution in [0, 0.1) is 10.1 Å². The van der Waals surface area contributed by atoms with Crippen LogP contribution in [0.15, 0.2) is 58.1 Å². The number of nitrogens with two attached hydrogens (primary N) is 1. The number of nitro groups is 1. The summed E-state index contributed by atoms with van der Waals surface area (Å²) >= 11 is 0. The number of nitro benzene ring substituents is 1. The zero-order chi connectivity index (χ0) is 20.7. The lowest BCUT2D eigenvalue weighted by Crippen LogP contribution is -2.32. The van der Waals surface area contributed by atoms with E-state index in [0.29, 0.717) is 28.2 Å². The van der Waals surface area contributed by atoms with Crippen LogP contribution in [0.3, 0.4) is 0 Å². The predicted molar refractivity (Wildman–Crippen MR) is 97.9 cm³/mol. The van der Waals surface area contributed by atoms with E-state index in [4.69, 9.17) is 15.2 Å². The summed E-state index contributed by atoms with van der Waals surface area (Å²) in [7, 11) is 0. The van der Waals surface area contributed by atoms with Crippen molar-refractivity contribution in [1.29, 1.82) is 0 Å². The van der Waals surface area contributed by atoms with Crippen LogP contribution in [0.4, 0.5) is 10.5 Å². The lowest BCUT2D eigenvalue weighted by Gasteiger charge is -2.23. The van der Waals surface area contributed by atoms with Gasteiger partial charge in [-0.1, -0.05) is 0 Å². The van der Waals surface area contributed by atoms with Gasteiger partial charge in [0.05, 0.1) is 10.6 Å². The van der Waals surface area contributed by atoms with E-state index in [1.54, 1.807) is 6.08 Å². The first-order valence-corrected chi connectivity index (χ1v) is 8.43. The number of carboxylic acid groups (broad SMARTS) is 1. The number of primary amides is 1. The van der Waals surface area contributed by atoms with Crippen molar-refractivity contribution in [2.45, 2.75) is 12.8 Å². The lowest BCUT2D eigenvalue weighted by atomic mass is 9.89. The molecular weight excluding hydrogens is 384 g/mol. The number of carbonyl (C=O) groups excluding carboxylic acids is 1. The molecule has 1 aromatic carbocycles. The molecule has 0 saturated heterocycles. The van der Waals surface area contributed by atoms with Crippen LogP contribution in [-0.2, 0) is 14.3 Å². The third kappa shape index (κ3) is 3.18. The molecule has 148 valence electrons. The lowest BCUT2D eigenvalue weighted by molar-refractivity contribution is -0.384. The summed E-state index contributed by atoms with van der Waals surface area (Å²) < 4.78 is 10.8. The van der Waals surface area contributed by atoms with Gasteiger partial charge in [0, 0.05) is 30.5 Å². The highest BCUT2D eigenvalue weighted by molar-refractivity contribution is 6.36. The summed E-state index contributed by atoms with van der Waals surface area (Å²) in [4.78, 5) is 34.2. The second-order valence-corrected chi connectivity index (χ2v) is 6.35. The molecule has 29 heavy (non-hydrogen) atoms. The Balaban J connectivity index is 1.93. The first kappa shape index (κ1) is 18.2. The Bertz CT molecular complexity index is 1070. The van der Waals surface area contributed by atoms with Gasteiger partial charge in [-0.05, 0) is 29.4 Å². The van der Waals surface area contributed by atoms with Crippen LogP contribution >= 0.6 is 0 Å². The fourth-order valence-electron chi connectivity index (χ4n) is 3.32. The Morgan fingerprint density at radius 2 is 1.93 bits per heavy atom. The molecule has 2 aliphatic heterocycles. The van der Waals surface area contributed by atoms with Crippen molar-refractivity contribution in [1.82, 2.24) is 5.01 Å². The number of hydrogen-bond donors (Lipinski definition) is 2. The van der Waals surface area contributed by atoms with Crippen molar-refractivity contribution in [3.05, 3.63) is 68.7 Å². The van der Waals surface area contributed by atoms with Crippen LogP contribution in [0.2, 0.25) is 0 Å². The maximum atomic E-state index is 12.2. The Morgan fingerprint density at radius 3 is 2.55 bits per heavy atom. The van der Waals surface area contributed by atoms with E-state index in [0.717, 1.165) is 5.01 Å². The molecule has 0 atom stereocenters. The van der Waals surface area contributed by atoms with Gasteiger partial charge in [-0.25, -0.2) is 9.59 Å². The molecule has 2 heterocycles. The number of hydrazone groups is 1. The van der Waals surface area contributed by atoms with Gasteiger partial charge >= 0.3 is 12.0 Å². The normalized spacial score (nSPS) is 18.0. The van der Waals surface area contributed by atoms with Crippen molar-refractivity contribution in [3.8, 4) is 0 Å². The standard InChI is InChI=1S/C18H14N4O7/c19-18(25)21-16(9-1-3-11(4-2-9)22(26)27)12-7-15-14(28-8-29-15)6-10(12)5-13(20-21)17(23)24/h1-4,6H,5,7-8H2,(H2,19,25)(H,23,24). The third-order valence-electron chi connectivity index (χ3n) is 4.64. The van der Waals surface area contributed by atoms with Gasteiger partial charge in [0.1, 0.15) is 5.76 Å². The average Bonchev–Trinajstić information content (AvgIpc) is 3.06. The minimum atomic E-state index is -1.30. The molecular formula is C18H14N4O7. The number of aliphatic carboxylic acids is 1. The highest BCUT2D eigenvalue weighted by atomic mass is 16.7. The van der Waals surface area contributed by atoms with E-state index in [1.165, 1.54) is 24.3 Å². The number of carboxylic acids is 1. The molecule has 11 nitrogen and oxygen atoms in total.